The van der Waals surface area contributed by atoms with Gasteiger partial charge < -0.3 is 9.84 Å². The van der Waals surface area contributed by atoms with Crippen LogP contribution in [0.5, 0.6) is 5.75 Å². The minimum absolute atomic E-state index is 0.0958. The number of ether oxygens (including phenoxy) is 1. The molecule has 0 atom stereocenters. The number of carboxylic acid groups (broad SMARTS) is 1. The first-order valence-electron chi connectivity index (χ1n) is 9.51. The lowest BCUT2D eigenvalue weighted by atomic mass is 10.1. The standard InChI is InChI=1S/C23H19FN2O4S/c1-13-19-21(31-20(13)23(28)29)25-18(11-14-6-8-17(30-2)9-7-14)26(22(19)27)12-15-4-3-5-16(24)10-15/h3-10H,11-12H2,1-2H3,(H,28,29). The predicted molar refractivity (Wildman–Crippen MR) is 117 cm³/mol. The summed E-state index contributed by atoms with van der Waals surface area (Å²) in [6.45, 7) is 1.74. The predicted octanol–water partition coefficient (Wildman–Crippen LogP) is 4.25. The van der Waals surface area contributed by atoms with Crippen LogP contribution >= 0.6 is 11.3 Å². The van der Waals surface area contributed by atoms with Gasteiger partial charge in [-0.3, -0.25) is 9.36 Å². The van der Waals surface area contributed by atoms with Gasteiger partial charge in [-0.1, -0.05) is 24.3 Å². The molecular formula is C23H19FN2O4S. The van der Waals surface area contributed by atoms with Gasteiger partial charge >= 0.3 is 5.97 Å². The van der Waals surface area contributed by atoms with Crippen molar-refractivity contribution in [3.8, 4) is 5.75 Å². The minimum atomic E-state index is -1.09. The molecule has 1 N–H and O–H groups in total. The van der Waals surface area contributed by atoms with Crippen molar-refractivity contribution in [3.05, 3.63) is 92.1 Å². The van der Waals surface area contributed by atoms with Crippen LogP contribution in [0.3, 0.4) is 0 Å². The number of hydrogen-bond donors (Lipinski definition) is 1. The number of methoxy groups -OCH3 is 1. The number of halogens is 1. The van der Waals surface area contributed by atoms with Crippen LogP contribution in [0.25, 0.3) is 10.2 Å². The highest BCUT2D eigenvalue weighted by Crippen LogP contribution is 2.28. The average Bonchev–Trinajstić information content (AvgIpc) is 3.08. The normalized spacial score (nSPS) is 11.1. The first kappa shape index (κ1) is 20.7. The third kappa shape index (κ3) is 4.06. The summed E-state index contributed by atoms with van der Waals surface area (Å²) in [5, 5.41) is 9.76. The van der Waals surface area contributed by atoms with Crippen molar-refractivity contribution in [3.63, 3.8) is 0 Å². The van der Waals surface area contributed by atoms with Crippen LogP contribution in [0.4, 0.5) is 4.39 Å². The van der Waals surface area contributed by atoms with Crippen LogP contribution < -0.4 is 10.3 Å². The summed E-state index contributed by atoms with van der Waals surface area (Å²) in [5.74, 6) is -0.293. The first-order valence-corrected chi connectivity index (χ1v) is 10.3. The van der Waals surface area contributed by atoms with E-state index in [0.29, 0.717) is 34.0 Å². The second-order valence-corrected chi connectivity index (χ2v) is 8.11. The molecule has 4 rings (SSSR count). The summed E-state index contributed by atoms with van der Waals surface area (Å²) in [6, 6.07) is 13.4. The van der Waals surface area contributed by atoms with E-state index in [-0.39, 0.29) is 22.4 Å². The molecule has 4 aromatic rings. The Morgan fingerprint density at radius 1 is 1.19 bits per heavy atom. The Morgan fingerprint density at radius 2 is 1.94 bits per heavy atom. The zero-order valence-electron chi connectivity index (χ0n) is 16.9. The van der Waals surface area contributed by atoms with Crippen molar-refractivity contribution < 1.29 is 19.0 Å². The van der Waals surface area contributed by atoms with Crippen LogP contribution in [0, 0.1) is 12.7 Å². The fourth-order valence-electron chi connectivity index (χ4n) is 3.50. The van der Waals surface area contributed by atoms with E-state index in [1.165, 1.54) is 16.7 Å². The molecule has 0 aliphatic heterocycles. The Bertz CT molecular complexity index is 1340. The van der Waals surface area contributed by atoms with Crippen LogP contribution in [0.1, 0.15) is 32.2 Å². The van der Waals surface area contributed by atoms with E-state index in [9.17, 15) is 19.1 Å². The van der Waals surface area contributed by atoms with E-state index in [0.717, 1.165) is 16.9 Å². The van der Waals surface area contributed by atoms with Crippen LogP contribution in [-0.4, -0.2) is 27.7 Å². The highest BCUT2D eigenvalue weighted by Gasteiger charge is 2.21. The zero-order valence-corrected chi connectivity index (χ0v) is 17.7. The van der Waals surface area contributed by atoms with Crippen molar-refractivity contribution in [2.75, 3.05) is 7.11 Å². The summed E-state index contributed by atoms with van der Waals surface area (Å²) in [5.41, 5.74) is 1.59. The number of aromatic carboxylic acids is 1. The molecule has 31 heavy (non-hydrogen) atoms. The van der Waals surface area contributed by atoms with Crippen LogP contribution in [-0.2, 0) is 13.0 Å². The average molecular weight is 438 g/mol. The quantitative estimate of drug-likeness (QED) is 0.487. The monoisotopic (exact) mass is 438 g/mol. The zero-order chi connectivity index (χ0) is 22.1. The van der Waals surface area contributed by atoms with E-state index in [4.69, 9.17) is 4.74 Å². The number of hydrogen-bond acceptors (Lipinski definition) is 5. The summed E-state index contributed by atoms with van der Waals surface area (Å²) in [6.07, 6.45) is 0.351. The lowest BCUT2D eigenvalue weighted by Crippen LogP contribution is -2.26. The summed E-state index contributed by atoms with van der Waals surface area (Å²) in [7, 11) is 1.58. The van der Waals surface area contributed by atoms with E-state index < -0.39 is 11.8 Å². The van der Waals surface area contributed by atoms with E-state index in [1.807, 2.05) is 24.3 Å². The van der Waals surface area contributed by atoms with E-state index in [1.54, 1.807) is 26.2 Å². The maximum Gasteiger partial charge on any atom is 0.346 e. The number of nitrogens with zero attached hydrogens (tertiary/aromatic N) is 2. The third-order valence-corrected chi connectivity index (χ3v) is 6.25. The second-order valence-electron chi connectivity index (χ2n) is 7.12. The number of fused-ring (bicyclic) bond motifs is 1. The lowest BCUT2D eigenvalue weighted by Gasteiger charge is -2.13. The Kier molecular flexibility index (Phi) is 5.56. The highest BCUT2D eigenvalue weighted by atomic mass is 32.1. The number of aryl methyl sites for hydroxylation is 1. The summed E-state index contributed by atoms with van der Waals surface area (Å²) in [4.78, 5) is 30.1. The van der Waals surface area contributed by atoms with Crippen LogP contribution in [0.15, 0.2) is 53.3 Å². The van der Waals surface area contributed by atoms with Crippen LogP contribution in [0.2, 0.25) is 0 Å². The van der Waals surface area contributed by atoms with Gasteiger partial charge in [-0.25, -0.2) is 14.2 Å². The minimum Gasteiger partial charge on any atom is -0.497 e. The molecule has 0 spiro atoms. The molecule has 2 aromatic carbocycles. The number of carbonyl (C=O) groups is 1. The molecule has 2 heterocycles. The van der Waals surface area contributed by atoms with Gasteiger partial charge in [0.05, 0.1) is 19.0 Å². The van der Waals surface area contributed by atoms with Gasteiger partial charge in [-0.2, -0.15) is 0 Å². The van der Waals surface area contributed by atoms with Crippen molar-refractivity contribution in [2.45, 2.75) is 19.9 Å². The number of benzene rings is 2. The number of thiophene rings is 1. The number of carboxylic acids is 1. The fourth-order valence-corrected chi connectivity index (χ4v) is 4.53. The lowest BCUT2D eigenvalue weighted by molar-refractivity contribution is 0.0701. The number of aromatic nitrogens is 2. The Hall–Kier alpha value is -3.52. The molecule has 0 bridgehead atoms. The van der Waals surface area contributed by atoms with E-state index in [2.05, 4.69) is 4.98 Å². The first-order chi connectivity index (χ1) is 14.9. The summed E-state index contributed by atoms with van der Waals surface area (Å²) >= 11 is 0.990. The molecule has 0 radical (unpaired) electrons. The topological polar surface area (TPSA) is 81.4 Å². The maximum atomic E-state index is 13.7. The van der Waals surface area contributed by atoms with Gasteiger partial charge in [0.15, 0.2) is 0 Å². The molecule has 0 aliphatic carbocycles. The molecule has 6 nitrogen and oxygen atoms in total. The highest BCUT2D eigenvalue weighted by molar-refractivity contribution is 7.20. The van der Waals surface area contributed by atoms with Gasteiger partial charge in [0.1, 0.15) is 27.1 Å². The molecule has 0 aliphatic rings. The fraction of sp³-hybridized carbons (Fsp3) is 0.174. The van der Waals surface area contributed by atoms with Gasteiger partial charge in [0.25, 0.3) is 5.56 Å². The number of rotatable bonds is 6. The molecule has 2 aromatic heterocycles. The molecule has 158 valence electrons. The van der Waals surface area contributed by atoms with Gasteiger partial charge in [0.2, 0.25) is 0 Å². The second kappa shape index (κ2) is 8.31. The van der Waals surface area contributed by atoms with Gasteiger partial charge in [0, 0.05) is 6.42 Å². The van der Waals surface area contributed by atoms with Crippen molar-refractivity contribution in [2.24, 2.45) is 0 Å². The molecule has 0 amide bonds. The van der Waals surface area contributed by atoms with Gasteiger partial charge in [-0.15, -0.1) is 11.3 Å². The molecule has 8 heteroatoms. The SMILES string of the molecule is COc1ccc(Cc2nc3sc(C(=O)O)c(C)c3c(=O)n2Cc2cccc(F)c2)cc1. The Balaban J connectivity index is 1.88. The van der Waals surface area contributed by atoms with Crippen molar-refractivity contribution in [1.29, 1.82) is 0 Å². The maximum absolute atomic E-state index is 13.7. The Morgan fingerprint density at radius 3 is 2.58 bits per heavy atom. The van der Waals surface area contributed by atoms with Gasteiger partial charge in [-0.05, 0) is 47.9 Å². The molecule has 0 saturated carbocycles. The molecule has 0 saturated heterocycles. The summed E-state index contributed by atoms with van der Waals surface area (Å²) < 4.78 is 20.4. The van der Waals surface area contributed by atoms with Crippen molar-refractivity contribution >= 4 is 27.5 Å². The molecule has 0 unspecified atom stereocenters. The van der Waals surface area contributed by atoms with E-state index >= 15 is 0 Å². The third-order valence-electron chi connectivity index (χ3n) is 5.07. The Labute approximate surface area is 181 Å². The van der Waals surface area contributed by atoms with Crippen molar-refractivity contribution in [1.82, 2.24) is 9.55 Å². The molecule has 0 fully saturated rings. The largest absolute Gasteiger partial charge is 0.497 e. The smallest absolute Gasteiger partial charge is 0.346 e. The molecular weight excluding hydrogens is 419 g/mol.